The molecular weight excluding hydrogens is 815 g/mol. The number of aromatic nitrogens is 1. The first-order chi connectivity index (χ1) is 32.3. The molecule has 0 bridgehead atoms. The highest BCUT2D eigenvalue weighted by atomic mass is 28.3. The Morgan fingerprint density at radius 2 is 0.970 bits per heavy atom. The smallest absolute Gasteiger partial charge is 0.136 e. The summed E-state index contributed by atoms with van der Waals surface area (Å²) in [5.41, 5.74) is 14.5. The molecule has 11 aromatic carbocycles. The van der Waals surface area contributed by atoms with Crippen LogP contribution in [0.4, 0.5) is 0 Å². The molecule has 14 rings (SSSR count). The summed E-state index contributed by atoms with van der Waals surface area (Å²) in [5.74, 6) is 0.426. The fraction of sp³-hybridized carbons (Fsp3) is 0.0794. The monoisotopic (exact) mass is 859 g/mol. The predicted molar refractivity (Wildman–Crippen MR) is 285 cm³/mol. The molecule has 2 aromatic heterocycles. The molecule has 0 N–H and O–H groups in total. The predicted octanol–water partition coefficient (Wildman–Crippen LogP) is 16.6. The third-order valence-electron chi connectivity index (χ3n) is 15.1. The van der Waals surface area contributed by atoms with Gasteiger partial charge in [0.15, 0.2) is 0 Å². The molecule has 66 heavy (non-hydrogen) atoms. The Labute approximate surface area is 384 Å². The third-order valence-corrected chi connectivity index (χ3v) is 18.6. The maximum atomic E-state index is 6.69. The van der Waals surface area contributed by atoms with E-state index in [1.165, 1.54) is 114 Å². The van der Waals surface area contributed by atoms with E-state index < -0.39 is 8.07 Å². The highest BCUT2D eigenvalue weighted by Gasteiger charge is 2.38. The van der Waals surface area contributed by atoms with Crippen molar-refractivity contribution < 1.29 is 4.42 Å². The van der Waals surface area contributed by atoms with Gasteiger partial charge in [-0.25, -0.2) is 0 Å². The summed E-state index contributed by atoms with van der Waals surface area (Å²) in [6, 6.07) is 73.3. The van der Waals surface area contributed by atoms with E-state index in [1.807, 2.05) is 0 Å². The van der Waals surface area contributed by atoms with Crippen LogP contribution in [0.15, 0.2) is 199 Å². The van der Waals surface area contributed by atoms with Gasteiger partial charge in [0.25, 0.3) is 0 Å². The van der Waals surface area contributed by atoms with Gasteiger partial charge < -0.3 is 8.98 Å². The quantitative estimate of drug-likeness (QED) is 0.127. The van der Waals surface area contributed by atoms with Crippen LogP contribution in [0.25, 0.3) is 126 Å². The summed E-state index contributed by atoms with van der Waals surface area (Å²) in [7, 11) is -1.95. The Morgan fingerprint density at radius 1 is 0.394 bits per heavy atom. The van der Waals surface area contributed by atoms with Gasteiger partial charge in [0, 0.05) is 27.2 Å². The standard InChI is InChI=1S/C63H45NOSi/c1-37(2)38-22-25-46-53-35-57-52(36-59(53)65-58(46)33-38)51-30-41(23-26-56(51)64(57)45-16-6-5-7-17-45)62-47-18-10-12-20-49(47)63(50-21-13-11-19-48(50)62)42-24-27-60-54(31-42)55-32-43-28-39-14-8-9-15-40(39)29-44(43)34-61(55)66(60,3)4/h5-37H,1-4H3. The van der Waals surface area contributed by atoms with Gasteiger partial charge in [-0.1, -0.05) is 154 Å². The number of hydrogen-bond acceptors (Lipinski definition) is 1. The maximum Gasteiger partial charge on any atom is 0.136 e. The molecule has 13 aromatic rings. The van der Waals surface area contributed by atoms with Gasteiger partial charge in [0.1, 0.15) is 19.2 Å². The minimum atomic E-state index is -1.95. The van der Waals surface area contributed by atoms with Crippen molar-refractivity contribution in [3.63, 3.8) is 0 Å². The van der Waals surface area contributed by atoms with Crippen LogP contribution in [-0.4, -0.2) is 12.6 Å². The molecule has 0 saturated carbocycles. The van der Waals surface area contributed by atoms with Crippen LogP contribution in [0.2, 0.25) is 13.1 Å². The maximum absolute atomic E-state index is 6.69. The first kappa shape index (κ1) is 37.6. The fourth-order valence-electron chi connectivity index (χ4n) is 11.8. The molecule has 3 heterocycles. The van der Waals surface area contributed by atoms with Crippen molar-refractivity contribution in [2.24, 2.45) is 0 Å². The molecule has 1 aliphatic rings. The van der Waals surface area contributed by atoms with Crippen molar-refractivity contribution in [2.75, 3.05) is 0 Å². The molecule has 3 heteroatoms. The highest BCUT2D eigenvalue weighted by molar-refractivity contribution is 7.04. The summed E-state index contributed by atoms with van der Waals surface area (Å²) >= 11 is 0. The molecule has 1 aliphatic heterocycles. The van der Waals surface area contributed by atoms with Crippen molar-refractivity contribution in [1.82, 2.24) is 4.57 Å². The van der Waals surface area contributed by atoms with Gasteiger partial charge in [-0.15, -0.1) is 0 Å². The first-order valence-corrected chi connectivity index (χ1v) is 26.3. The number of hydrogen-bond donors (Lipinski definition) is 0. The molecular formula is C63H45NOSi. The zero-order chi connectivity index (χ0) is 44.0. The van der Waals surface area contributed by atoms with E-state index in [-0.39, 0.29) is 0 Å². The van der Waals surface area contributed by atoms with Crippen LogP contribution in [0.3, 0.4) is 0 Å². The number of benzene rings is 11. The van der Waals surface area contributed by atoms with Crippen LogP contribution in [-0.2, 0) is 0 Å². The van der Waals surface area contributed by atoms with Gasteiger partial charge in [-0.05, 0) is 165 Å². The molecule has 0 aliphatic carbocycles. The van der Waals surface area contributed by atoms with Gasteiger partial charge in [-0.2, -0.15) is 0 Å². The summed E-state index contributed by atoms with van der Waals surface area (Å²) in [5, 5.41) is 18.0. The molecule has 0 fully saturated rings. The molecule has 312 valence electrons. The molecule has 0 saturated heterocycles. The highest BCUT2D eigenvalue weighted by Crippen LogP contribution is 2.47. The van der Waals surface area contributed by atoms with E-state index in [0.29, 0.717) is 5.92 Å². The Hall–Kier alpha value is -7.72. The molecule has 0 radical (unpaired) electrons. The van der Waals surface area contributed by atoms with E-state index >= 15 is 0 Å². The second-order valence-corrected chi connectivity index (χ2v) is 23.8. The van der Waals surface area contributed by atoms with Crippen molar-refractivity contribution in [2.45, 2.75) is 32.9 Å². The Kier molecular flexibility index (Phi) is 7.78. The second kappa shape index (κ2) is 13.7. The Bertz CT molecular complexity index is 4170. The van der Waals surface area contributed by atoms with Crippen LogP contribution >= 0.6 is 0 Å². The van der Waals surface area contributed by atoms with E-state index in [4.69, 9.17) is 4.42 Å². The van der Waals surface area contributed by atoms with Crippen molar-refractivity contribution in [3.05, 3.63) is 200 Å². The second-order valence-electron chi connectivity index (χ2n) is 19.5. The van der Waals surface area contributed by atoms with Crippen LogP contribution < -0.4 is 10.4 Å². The molecule has 2 nitrogen and oxygen atoms in total. The topological polar surface area (TPSA) is 18.1 Å². The summed E-state index contributed by atoms with van der Waals surface area (Å²) in [6.07, 6.45) is 0. The average Bonchev–Trinajstić information content (AvgIpc) is 3.94. The lowest BCUT2D eigenvalue weighted by molar-refractivity contribution is 0.668. The summed E-state index contributed by atoms with van der Waals surface area (Å²) < 4.78 is 9.11. The summed E-state index contributed by atoms with van der Waals surface area (Å²) in [6.45, 7) is 9.53. The number of furan rings is 1. The molecule has 0 unspecified atom stereocenters. The lowest BCUT2D eigenvalue weighted by Gasteiger charge is -2.20. The average molecular weight is 860 g/mol. The Balaban J connectivity index is 0.991. The van der Waals surface area contributed by atoms with E-state index in [1.54, 1.807) is 0 Å². The summed E-state index contributed by atoms with van der Waals surface area (Å²) in [4.78, 5) is 0. The van der Waals surface area contributed by atoms with Crippen LogP contribution in [0, 0.1) is 0 Å². The molecule has 0 amide bonds. The van der Waals surface area contributed by atoms with Gasteiger partial charge in [0.05, 0.1) is 11.0 Å². The third kappa shape index (κ3) is 5.29. The van der Waals surface area contributed by atoms with Crippen molar-refractivity contribution in [1.29, 1.82) is 0 Å². The van der Waals surface area contributed by atoms with Gasteiger partial charge in [0.2, 0.25) is 0 Å². The van der Waals surface area contributed by atoms with Crippen LogP contribution in [0.5, 0.6) is 0 Å². The zero-order valence-electron chi connectivity index (χ0n) is 37.4. The zero-order valence-corrected chi connectivity index (χ0v) is 38.4. The number of fused-ring (bicyclic) bond motifs is 13. The van der Waals surface area contributed by atoms with Crippen molar-refractivity contribution in [3.8, 4) is 39.1 Å². The SMILES string of the molecule is CC(C)c1ccc2c(c1)oc1cc3c4cc(-c5c6ccccc6c(-c6ccc7c(c6)-c6cc8cc9ccccc9cc8cc6[Si]7(C)C)c6ccccc56)ccc4n(-c4ccccc4)c3cc12. The Morgan fingerprint density at radius 3 is 1.65 bits per heavy atom. The minimum absolute atomic E-state index is 0.426. The van der Waals surface area contributed by atoms with Crippen molar-refractivity contribution >= 4 is 105 Å². The van der Waals surface area contributed by atoms with E-state index in [2.05, 4.69) is 226 Å². The first-order valence-electron chi connectivity index (χ1n) is 23.3. The van der Waals surface area contributed by atoms with E-state index in [9.17, 15) is 0 Å². The van der Waals surface area contributed by atoms with E-state index in [0.717, 1.165) is 27.6 Å². The largest absolute Gasteiger partial charge is 0.456 e. The molecule has 0 atom stereocenters. The number of nitrogens with zero attached hydrogens (tertiary/aromatic N) is 1. The van der Waals surface area contributed by atoms with Gasteiger partial charge in [-0.3, -0.25) is 0 Å². The lowest BCUT2D eigenvalue weighted by Crippen LogP contribution is -2.49. The number of para-hydroxylation sites is 1. The minimum Gasteiger partial charge on any atom is -0.456 e. The fourth-order valence-corrected chi connectivity index (χ4v) is 14.8. The van der Waals surface area contributed by atoms with Crippen LogP contribution in [0.1, 0.15) is 25.3 Å². The van der Waals surface area contributed by atoms with Gasteiger partial charge >= 0.3 is 0 Å². The lowest BCUT2D eigenvalue weighted by atomic mass is 9.85. The normalized spacial score (nSPS) is 13.4. The molecule has 0 spiro atoms. The number of rotatable bonds is 4.